The number of hydrogen-bond donors (Lipinski definition) is 0. The SMILES string of the molecule is CCCCCCCCCCCCCCCCCCc1n(CCCCCCCCCCCCCC)cc[n+]1CCCCCCCCCCCCC. The van der Waals surface area contributed by atoms with Gasteiger partial charge in [-0.05, 0) is 32.1 Å². The Morgan fingerprint density at radius 3 is 0.960 bits per heavy atom. The molecule has 0 aliphatic heterocycles. The summed E-state index contributed by atoms with van der Waals surface area (Å²) < 4.78 is 5.31. The second kappa shape index (κ2) is 39.4. The summed E-state index contributed by atoms with van der Waals surface area (Å²) in [5, 5.41) is 0. The smallest absolute Gasteiger partial charge is 0.234 e. The number of nitrogens with zero attached hydrogens (tertiary/aromatic N) is 2. The highest BCUT2D eigenvalue weighted by Gasteiger charge is 2.16. The van der Waals surface area contributed by atoms with Gasteiger partial charge in [-0.3, -0.25) is 0 Å². The van der Waals surface area contributed by atoms with Crippen LogP contribution in [0, 0.1) is 0 Å². The van der Waals surface area contributed by atoms with Crippen LogP contribution in [0.2, 0.25) is 0 Å². The van der Waals surface area contributed by atoms with Crippen molar-refractivity contribution >= 4 is 0 Å². The molecule has 50 heavy (non-hydrogen) atoms. The summed E-state index contributed by atoms with van der Waals surface area (Å²) in [6.07, 6.45) is 62.3. The van der Waals surface area contributed by atoms with E-state index in [0.29, 0.717) is 0 Å². The fourth-order valence-corrected chi connectivity index (χ4v) is 8.09. The highest BCUT2D eigenvalue weighted by atomic mass is 15.1. The molecule has 0 saturated heterocycles. The van der Waals surface area contributed by atoms with Crippen molar-refractivity contribution in [1.82, 2.24) is 4.57 Å². The van der Waals surface area contributed by atoms with Gasteiger partial charge in [0.05, 0.1) is 13.1 Å². The maximum absolute atomic E-state index is 2.65. The number of hydrogen-bond acceptors (Lipinski definition) is 0. The molecule has 0 spiro atoms. The van der Waals surface area contributed by atoms with Gasteiger partial charge >= 0.3 is 0 Å². The monoisotopic (exact) mass is 700 g/mol. The van der Waals surface area contributed by atoms with Gasteiger partial charge < -0.3 is 0 Å². The van der Waals surface area contributed by atoms with Crippen molar-refractivity contribution in [2.75, 3.05) is 0 Å². The minimum atomic E-state index is 1.23. The predicted molar refractivity (Wildman–Crippen MR) is 225 cm³/mol. The quantitative estimate of drug-likeness (QED) is 0.0474. The Balaban J connectivity index is 2.26. The molecule has 1 aromatic rings. The van der Waals surface area contributed by atoms with Gasteiger partial charge in [-0.25, -0.2) is 9.13 Å². The first-order valence-electron chi connectivity index (χ1n) is 23.9. The number of aryl methyl sites for hydroxylation is 2. The van der Waals surface area contributed by atoms with E-state index < -0.39 is 0 Å². The Hall–Kier alpha value is -0.790. The zero-order valence-electron chi connectivity index (χ0n) is 35.2. The Kier molecular flexibility index (Phi) is 37.2. The fourth-order valence-electron chi connectivity index (χ4n) is 8.09. The molecule has 2 heteroatoms. The van der Waals surface area contributed by atoms with Gasteiger partial charge in [-0.1, -0.05) is 239 Å². The third-order valence-electron chi connectivity index (χ3n) is 11.6. The molecule has 2 nitrogen and oxygen atoms in total. The van der Waals surface area contributed by atoms with E-state index in [1.165, 1.54) is 270 Å². The summed E-state index contributed by atoms with van der Waals surface area (Å²) >= 11 is 0. The number of imidazole rings is 1. The molecule has 1 heterocycles. The lowest BCUT2D eigenvalue weighted by atomic mass is 10.0. The number of unbranched alkanes of at least 4 members (excludes halogenated alkanes) is 36. The molecule has 0 aliphatic carbocycles. The van der Waals surface area contributed by atoms with E-state index in [1.807, 2.05) is 0 Å². The van der Waals surface area contributed by atoms with Crippen LogP contribution in [0.25, 0.3) is 0 Å². The van der Waals surface area contributed by atoms with Crippen LogP contribution < -0.4 is 4.57 Å². The van der Waals surface area contributed by atoms with Crippen LogP contribution in [0.15, 0.2) is 12.4 Å². The lowest BCUT2D eigenvalue weighted by Gasteiger charge is -2.07. The average Bonchev–Trinajstić information content (AvgIpc) is 3.51. The molecule has 0 fully saturated rings. The van der Waals surface area contributed by atoms with Crippen LogP contribution in [-0.2, 0) is 19.5 Å². The number of rotatable bonds is 42. The van der Waals surface area contributed by atoms with Crippen molar-refractivity contribution < 1.29 is 4.57 Å². The maximum atomic E-state index is 2.65. The Morgan fingerprint density at radius 2 is 0.620 bits per heavy atom. The molecule has 0 amide bonds. The Labute approximate surface area is 317 Å². The number of aromatic nitrogens is 2. The Bertz CT molecular complexity index is 766. The van der Waals surface area contributed by atoms with E-state index in [9.17, 15) is 0 Å². The van der Waals surface area contributed by atoms with Gasteiger partial charge in [0, 0.05) is 6.42 Å². The van der Waals surface area contributed by atoms with Crippen LogP contribution in [0.3, 0.4) is 0 Å². The van der Waals surface area contributed by atoms with E-state index in [4.69, 9.17) is 0 Å². The summed E-state index contributed by atoms with van der Waals surface area (Å²) in [7, 11) is 0. The minimum Gasteiger partial charge on any atom is -0.234 e. The van der Waals surface area contributed by atoms with Crippen molar-refractivity contribution in [2.24, 2.45) is 0 Å². The van der Waals surface area contributed by atoms with Gasteiger partial charge in [-0.2, -0.15) is 0 Å². The zero-order valence-corrected chi connectivity index (χ0v) is 35.2. The third kappa shape index (κ3) is 30.8. The van der Waals surface area contributed by atoms with E-state index in [0.717, 1.165) is 0 Å². The molecule has 0 atom stereocenters. The normalized spacial score (nSPS) is 11.7. The second-order valence-electron chi connectivity index (χ2n) is 16.6. The molecular weight excluding hydrogens is 605 g/mol. The molecule has 0 aliphatic rings. The van der Waals surface area contributed by atoms with Gasteiger partial charge in [0.15, 0.2) is 0 Å². The summed E-state index contributed by atoms with van der Waals surface area (Å²) in [6, 6.07) is 0. The van der Waals surface area contributed by atoms with Crippen LogP contribution >= 0.6 is 0 Å². The summed E-state index contributed by atoms with van der Waals surface area (Å²) in [5.74, 6) is 1.63. The molecule has 0 saturated carbocycles. The molecule has 0 aromatic carbocycles. The second-order valence-corrected chi connectivity index (χ2v) is 16.6. The van der Waals surface area contributed by atoms with Gasteiger partial charge in [0.1, 0.15) is 12.4 Å². The average molecular weight is 700 g/mol. The molecule has 1 aromatic heterocycles. The summed E-state index contributed by atoms with van der Waals surface area (Å²) in [5.41, 5.74) is 0. The highest BCUT2D eigenvalue weighted by molar-refractivity contribution is 4.84. The van der Waals surface area contributed by atoms with Crippen molar-refractivity contribution in [1.29, 1.82) is 0 Å². The van der Waals surface area contributed by atoms with Crippen molar-refractivity contribution in [3.8, 4) is 0 Å². The van der Waals surface area contributed by atoms with E-state index in [2.05, 4.69) is 42.3 Å². The topological polar surface area (TPSA) is 8.81 Å². The van der Waals surface area contributed by atoms with Crippen LogP contribution in [0.4, 0.5) is 0 Å². The molecule has 0 unspecified atom stereocenters. The lowest BCUT2D eigenvalue weighted by molar-refractivity contribution is -0.704. The minimum absolute atomic E-state index is 1.23. The summed E-state index contributed by atoms with van der Waals surface area (Å²) in [6.45, 7) is 9.41. The molecule has 0 radical (unpaired) electrons. The van der Waals surface area contributed by atoms with Gasteiger partial charge in [0.25, 0.3) is 5.82 Å². The van der Waals surface area contributed by atoms with Crippen LogP contribution in [-0.4, -0.2) is 4.57 Å². The first-order chi connectivity index (χ1) is 24.8. The van der Waals surface area contributed by atoms with Crippen molar-refractivity contribution in [3.63, 3.8) is 0 Å². The van der Waals surface area contributed by atoms with Crippen molar-refractivity contribution in [3.05, 3.63) is 18.2 Å². The zero-order chi connectivity index (χ0) is 35.8. The maximum Gasteiger partial charge on any atom is 0.256 e. The Morgan fingerprint density at radius 1 is 0.340 bits per heavy atom. The van der Waals surface area contributed by atoms with E-state index >= 15 is 0 Å². The highest BCUT2D eigenvalue weighted by Crippen LogP contribution is 2.17. The first kappa shape index (κ1) is 47.2. The first-order valence-corrected chi connectivity index (χ1v) is 23.9. The van der Waals surface area contributed by atoms with Crippen LogP contribution in [0.5, 0.6) is 0 Å². The predicted octanol–water partition coefficient (Wildman–Crippen LogP) is 16.6. The molecule has 0 N–H and O–H groups in total. The van der Waals surface area contributed by atoms with Gasteiger partial charge in [0.2, 0.25) is 0 Å². The largest absolute Gasteiger partial charge is 0.256 e. The van der Waals surface area contributed by atoms with Crippen LogP contribution in [0.1, 0.15) is 277 Å². The molecule has 296 valence electrons. The lowest BCUT2D eigenvalue weighted by Crippen LogP contribution is -2.37. The van der Waals surface area contributed by atoms with Gasteiger partial charge in [-0.15, -0.1) is 0 Å². The molecule has 0 bridgehead atoms. The van der Waals surface area contributed by atoms with E-state index in [-0.39, 0.29) is 0 Å². The standard InChI is InChI=1S/C48H95N2/c1-4-7-10-13-16-19-22-24-25-26-27-28-31-34-37-40-43-48-49(44-41-38-35-32-29-21-18-15-12-9-6-3)46-47-50(48)45-42-39-36-33-30-23-20-17-14-11-8-5-2/h46-47H,4-45H2,1-3H3/q+1. The molecular formula is C48H95N2+. The van der Waals surface area contributed by atoms with Crippen molar-refractivity contribution in [2.45, 2.75) is 291 Å². The summed E-state index contributed by atoms with van der Waals surface area (Å²) in [4.78, 5) is 0. The van der Waals surface area contributed by atoms with E-state index in [1.54, 1.807) is 5.82 Å². The third-order valence-corrected chi connectivity index (χ3v) is 11.6. The molecule has 1 rings (SSSR count). The fraction of sp³-hybridized carbons (Fsp3) is 0.938.